The number of carboxylic acids is 1. The van der Waals surface area contributed by atoms with Gasteiger partial charge in [-0.05, 0) is 60.6 Å². The minimum atomic E-state index is -1.09. The highest BCUT2D eigenvalue weighted by Crippen LogP contribution is 2.35. The summed E-state index contributed by atoms with van der Waals surface area (Å²) in [5.74, 6) is -1.20. The minimum Gasteiger partial charge on any atom is -0.481 e. The van der Waals surface area contributed by atoms with Gasteiger partial charge in [-0.3, -0.25) is 4.79 Å². The number of nitrogens with zero attached hydrogens (tertiary/aromatic N) is 1. The summed E-state index contributed by atoms with van der Waals surface area (Å²) >= 11 is 0. The van der Waals surface area contributed by atoms with Crippen molar-refractivity contribution in [2.75, 3.05) is 0 Å². The molecule has 3 rings (SSSR count). The van der Waals surface area contributed by atoms with Gasteiger partial charge in [0.2, 0.25) is 0 Å². The Morgan fingerprint density at radius 2 is 1.66 bits per heavy atom. The van der Waals surface area contributed by atoms with Crippen LogP contribution in [-0.4, -0.2) is 38.1 Å². The van der Waals surface area contributed by atoms with Gasteiger partial charge in [-0.25, -0.2) is 4.39 Å². The lowest BCUT2D eigenvalue weighted by Crippen LogP contribution is -2.21. The van der Waals surface area contributed by atoms with Gasteiger partial charge < -0.3 is 19.9 Å². The molecule has 3 N–H and O–H groups in total. The number of aliphatic carboxylic acids is 1. The van der Waals surface area contributed by atoms with Crippen LogP contribution in [0.2, 0.25) is 0 Å². The molecule has 0 aliphatic carbocycles. The molecular formula is C26H30FNO4. The van der Waals surface area contributed by atoms with E-state index in [1.165, 1.54) is 12.1 Å². The summed E-state index contributed by atoms with van der Waals surface area (Å²) < 4.78 is 15.7. The normalized spacial score (nSPS) is 13.3. The van der Waals surface area contributed by atoms with Crippen molar-refractivity contribution < 1.29 is 24.5 Å². The van der Waals surface area contributed by atoms with Crippen LogP contribution in [0.15, 0.2) is 60.8 Å². The topological polar surface area (TPSA) is 82.7 Å². The van der Waals surface area contributed by atoms with E-state index in [4.69, 9.17) is 5.11 Å². The maximum Gasteiger partial charge on any atom is 0.305 e. The molecule has 0 fully saturated rings. The summed E-state index contributed by atoms with van der Waals surface area (Å²) in [5.41, 5.74) is 5.04. The molecule has 1 aromatic heterocycles. The number of carbonyl (C=O) groups is 1. The fraction of sp³-hybridized carbons (Fsp3) is 0.346. The highest BCUT2D eigenvalue weighted by molar-refractivity contribution is 5.70. The highest BCUT2D eigenvalue weighted by atomic mass is 19.1. The van der Waals surface area contributed by atoms with E-state index < -0.39 is 18.2 Å². The van der Waals surface area contributed by atoms with Gasteiger partial charge in [-0.15, -0.1) is 0 Å². The summed E-state index contributed by atoms with van der Waals surface area (Å²) in [6, 6.07) is 16.3. The quantitative estimate of drug-likeness (QED) is 0.418. The van der Waals surface area contributed by atoms with E-state index in [1.807, 2.05) is 30.3 Å². The zero-order chi connectivity index (χ0) is 23.3. The Hall–Kier alpha value is -2.96. The van der Waals surface area contributed by atoms with Gasteiger partial charge in [0, 0.05) is 23.1 Å². The summed E-state index contributed by atoms with van der Waals surface area (Å²) in [6.45, 7) is 4.22. The number of benzene rings is 2. The molecule has 32 heavy (non-hydrogen) atoms. The van der Waals surface area contributed by atoms with Crippen LogP contribution < -0.4 is 0 Å². The van der Waals surface area contributed by atoms with E-state index in [0.717, 1.165) is 28.1 Å². The molecule has 0 aliphatic heterocycles. The molecule has 0 aliphatic rings. The Balaban J connectivity index is 1.97. The molecular weight excluding hydrogens is 409 g/mol. The Labute approximate surface area is 187 Å². The first-order valence-electron chi connectivity index (χ1n) is 10.9. The molecule has 0 saturated carbocycles. The molecule has 2 aromatic carbocycles. The van der Waals surface area contributed by atoms with Crippen LogP contribution in [0, 0.1) is 5.82 Å². The summed E-state index contributed by atoms with van der Waals surface area (Å²) in [7, 11) is 0. The van der Waals surface area contributed by atoms with Gasteiger partial charge in [0.05, 0.1) is 18.6 Å². The second kappa shape index (κ2) is 10.6. The first kappa shape index (κ1) is 23.7. The third-order valence-corrected chi connectivity index (χ3v) is 5.57. The zero-order valence-corrected chi connectivity index (χ0v) is 18.4. The predicted octanol–water partition coefficient (Wildman–Crippen LogP) is 4.93. The predicted molar refractivity (Wildman–Crippen MR) is 122 cm³/mol. The molecule has 5 nitrogen and oxygen atoms in total. The number of aliphatic hydroxyl groups is 2. The number of halogens is 1. The molecule has 3 aromatic rings. The molecule has 0 bridgehead atoms. The Kier molecular flexibility index (Phi) is 7.83. The lowest BCUT2D eigenvalue weighted by molar-refractivity contribution is -0.139. The average molecular weight is 440 g/mol. The number of aliphatic hydroxyl groups excluding tert-OH is 2. The molecule has 0 spiro atoms. The second-order valence-electron chi connectivity index (χ2n) is 8.45. The fourth-order valence-corrected chi connectivity index (χ4v) is 4.16. The number of hydrogen-bond acceptors (Lipinski definition) is 3. The molecule has 1 heterocycles. The summed E-state index contributed by atoms with van der Waals surface area (Å²) in [5, 5.41) is 29.1. The van der Waals surface area contributed by atoms with Gasteiger partial charge in [0.25, 0.3) is 0 Å². The SMILES string of the molecule is CC(C)c1c(CC[C@H](O)C[C@@H](O)CC(=O)O)c(-c2ccc(F)cc2)cn1-c1ccccc1. The van der Waals surface area contributed by atoms with Crippen LogP contribution in [0.25, 0.3) is 16.8 Å². The average Bonchev–Trinajstić information content (AvgIpc) is 3.12. The number of para-hydroxylation sites is 1. The highest BCUT2D eigenvalue weighted by Gasteiger charge is 2.22. The van der Waals surface area contributed by atoms with Gasteiger partial charge in [-0.1, -0.05) is 44.2 Å². The van der Waals surface area contributed by atoms with Gasteiger partial charge in [0.1, 0.15) is 5.82 Å². The molecule has 170 valence electrons. The van der Waals surface area contributed by atoms with Crippen LogP contribution in [0.3, 0.4) is 0 Å². The van der Waals surface area contributed by atoms with Crippen molar-refractivity contribution in [1.29, 1.82) is 0 Å². The first-order chi connectivity index (χ1) is 15.3. The van der Waals surface area contributed by atoms with E-state index in [9.17, 15) is 19.4 Å². The molecule has 0 amide bonds. The molecule has 0 radical (unpaired) electrons. The van der Waals surface area contributed by atoms with Crippen LogP contribution in [0.1, 0.15) is 50.3 Å². The van der Waals surface area contributed by atoms with Crippen molar-refractivity contribution in [2.45, 2.75) is 57.7 Å². The van der Waals surface area contributed by atoms with E-state index in [-0.39, 0.29) is 24.6 Å². The van der Waals surface area contributed by atoms with Crippen molar-refractivity contribution in [1.82, 2.24) is 4.57 Å². The van der Waals surface area contributed by atoms with Crippen LogP contribution >= 0.6 is 0 Å². The van der Waals surface area contributed by atoms with Crippen molar-refractivity contribution in [3.8, 4) is 16.8 Å². The maximum atomic E-state index is 13.5. The third kappa shape index (κ3) is 5.84. The van der Waals surface area contributed by atoms with E-state index in [1.54, 1.807) is 12.1 Å². The summed E-state index contributed by atoms with van der Waals surface area (Å²) in [6.07, 6.45) is 0.681. The summed E-state index contributed by atoms with van der Waals surface area (Å²) in [4.78, 5) is 10.8. The van der Waals surface area contributed by atoms with Crippen molar-refractivity contribution in [3.05, 3.63) is 77.9 Å². The zero-order valence-electron chi connectivity index (χ0n) is 18.4. The van der Waals surface area contributed by atoms with Crippen LogP contribution in [0.5, 0.6) is 0 Å². The standard InChI is InChI=1S/C26H30FNO4/c1-17(2)26-23(13-12-21(29)14-22(30)15-25(31)32)24(18-8-10-19(27)11-9-18)16-28(26)20-6-4-3-5-7-20/h3-11,16-17,21-22,29-30H,12-15H2,1-2H3,(H,31,32)/t21-,22+/m0/s1. The van der Waals surface area contributed by atoms with E-state index >= 15 is 0 Å². The van der Waals surface area contributed by atoms with Gasteiger partial charge in [-0.2, -0.15) is 0 Å². The number of carboxylic acid groups (broad SMARTS) is 1. The number of aromatic nitrogens is 1. The lowest BCUT2D eigenvalue weighted by atomic mass is 9.93. The number of hydrogen-bond donors (Lipinski definition) is 3. The van der Waals surface area contributed by atoms with Gasteiger partial charge >= 0.3 is 5.97 Å². The van der Waals surface area contributed by atoms with E-state index in [2.05, 4.69) is 24.6 Å². The van der Waals surface area contributed by atoms with E-state index in [0.29, 0.717) is 12.8 Å². The minimum absolute atomic E-state index is 0.00852. The smallest absolute Gasteiger partial charge is 0.305 e. The molecule has 6 heteroatoms. The van der Waals surface area contributed by atoms with Crippen molar-refractivity contribution in [2.24, 2.45) is 0 Å². The molecule has 0 saturated heterocycles. The largest absolute Gasteiger partial charge is 0.481 e. The van der Waals surface area contributed by atoms with Crippen molar-refractivity contribution in [3.63, 3.8) is 0 Å². The molecule has 2 atom stereocenters. The Morgan fingerprint density at radius 3 is 2.25 bits per heavy atom. The lowest BCUT2D eigenvalue weighted by Gasteiger charge is -2.18. The fourth-order valence-electron chi connectivity index (χ4n) is 4.16. The Bertz CT molecular complexity index is 1030. The van der Waals surface area contributed by atoms with Gasteiger partial charge in [0.15, 0.2) is 0 Å². The maximum absolute atomic E-state index is 13.5. The monoisotopic (exact) mass is 439 g/mol. The second-order valence-corrected chi connectivity index (χ2v) is 8.45. The molecule has 0 unspecified atom stereocenters. The number of rotatable bonds is 10. The van der Waals surface area contributed by atoms with Crippen LogP contribution in [-0.2, 0) is 11.2 Å². The first-order valence-corrected chi connectivity index (χ1v) is 10.9. The third-order valence-electron chi connectivity index (χ3n) is 5.57. The van der Waals surface area contributed by atoms with Crippen molar-refractivity contribution >= 4 is 5.97 Å². The Morgan fingerprint density at radius 1 is 1.00 bits per heavy atom. The van der Waals surface area contributed by atoms with Crippen LogP contribution in [0.4, 0.5) is 4.39 Å².